The predicted octanol–water partition coefficient (Wildman–Crippen LogP) is 7.56. The lowest BCUT2D eigenvalue weighted by Crippen LogP contribution is -2.41. The zero-order valence-electron chi connectivity index (χ0n) is 20.3. The molecule has 0 spiro atoms. The Kier molecular flexibility index (Phi) is 7.04. The SMILES string of the molecule is CCCCc1ccc(N(c2ccc(Br)cc2)c2ccc(B3OC(C)(C)C(C)(C)O3)cc2)cc1. The maximum absolute atomic E-state index is 6.24. The molecule has 0 amide bonds. The van der Waals surface area contributed by atoms with Crippen molar-refractivity contribution < 1.29 is 9.31 Å². The van der Waals surface area contributed by atoms with Gasteiger partial charge in [-0.15, -0.1) is 0 Å². The molecule has 33 heavy (non-hydrogen) atoms. The van der Waals surface area contributed by atoms with Crippen LogP contribution in [0.1, 0.15) is 53.0 Å². The summed E-state index contributed by atoms with van der Waals surface area (Å²) in [4.78, 5) is 2.28. The summed E-state index contributed by atoms with van der Waals surface area (Å²) in [6.07, 6.45) is 3.55. The van der Waals surface area contributed by atoms with Gasteiger partial charge in [-0.25, -0.2) is 0 Å². The van der Waals surface area contributed by atoms with Crippen molar-refractivity contribution in [1.29, 1.82) is 0 Å². The van der Waals surface area contributed by atoms with Crippen LogP contribution in [0.15, 0.2) is 77.3 Å². The van der Waals surface area contributed by atoms with E-state index in [9.17, 15) is 0 Å². The van der Waals surface area contributed by atoms with Gasteiger partial charge in [-0.05, 0) is 100 Å². The van der Waals surface area contributed by atoms with Crippen LogP contribution >= 0.6 is 15.9 Å². The highest BCUT2D eigenvalue weighted by Gasteiger charge is 2.51. The molecule has 1 aliphatic heterocycles. The molecule has 0 unspecified atom stereocenters. The Bertz CT molecular complexity index is 1050. The third-order valence-corrected chi connectivity index (χ3v) is 7.30. The molecule has 0 bridgehead atoms. The minimum Gasteiger partial charge on any atom is -0.399 e. The molecule has 1 aliphatic rings. The Morgan fingerprint density at radius 3 is 1.67 bits per heavy atom. The molecule has 0 atom stereocenters. The van der Waals surface area contributed by atoms with Gasteiger partial charge >= 0.3 is 7.12 Å². The van der Waals surface area contributed by atoms with Crippen molar-refractivity contribution >= 4 is 45.6 Å². The standard InChI is InChI=1S/C28H33BBrNO2/c1-6-7-8-21-9-15-24(16-10-21)31(26-19-13-23(30)14-20-26)25-17-11-22(12-18-25)29-32-27(2,3)28(4,5)33-29/h9-20H,6-8H2,1-5H3. The predicted molar refractivity (Wildman–Crippen MR) is 143 cm³/mol. The molecule has 1 heterocycles. The van der Waals surface area contributed by atoms with Crippen LogP contribution in [0.2, 0.25) is 0 Å². The van der Waals surface area contributed by atoms with Crippen LogP contribution in [0.3, 0.4) is 0 Å². The summed E-state index contributed by atoms with van der Waals surface area (Å²) in [5, 5.41) is 0. The zero-order chi connectivity index (χ0) is 23.6. The molecule has 4 rings (SSSR count). The highest BCUT2D eigenvalue weighted by molar-refractivity contribution is 9.10. The number of unbranched alkanes of at least 4 members (excludes halogenated alkanes) is 1. The summed E-state index contributed by atoms with van der Waals surface area (Å²) in [5.74, 6) is 0. The molecule has 3 aromatic carbocycles. The number of rotatable bonds is 7. The van der Waals surface area contributed by atoms with Gasteiger partial charge in [0.1, 0.15) is 0 Å². The van der Waals surface area contributed by atoms with E-state index in [1.54, 1.807) is 0 Å². The van der Waals surface area contributed by atoms with E-state index in [2.05, 4.69) is 128 Å². The lowest BCUT2D eigenvalue weighted by Gasteiger charge is -2.32. The third-order valence-electron chi connectivity index (χ3n) is 6.78. The van der Waals surface area contributed by atoms with E-state index in [1.165, 1.54) is 18.4 Å². The first-order chi connectivity index (χ1) is 15.7. The summed E-state index contributed by atoms with van der Waals surface area (Å²) in [6, 6.07) is 25.9. The number of hydrogen-bond acceptors (Lipinski definition) is 3. The van der Waals surface area contributed by atoms with E-state index in [1.807, 2.05) is 0 Å². The largest absolute Gasteiger partial charge is 0.494 e. The number of benzene rings is 3. The molecular weight excluding hydrogens is 473 g/mol. The van der Waals surface area contributed by atoms with E-state index in [0.717, 1.165) is 33.4 Å². The number of aryl methyl sites for hydroxylation is 1. The Hall–Kier alpha value is -2.08. The van der Waals surface area contributed by atoms with Gasteiger partial charge in [0, 0.05) is 21.5 Å². The fourth-order valence-corrected chi connectivity index (χ4v) is 4.25. The molecule has 3 nitrogen and oxygen atoms in total. The molecule has 0 saturated carbocycles. The van der Waals surface area contributed by atoms with Gasteiger partial charge in [-0.2, -0.15) is 0 Å². The summed E-state index contributed by atoms with van der Waals surface area (Å²) in [6.45, 7) is 10.6. The van der Waals surface area contributed by atoms with E-state index < -0.39 is 0 Å². The van der Waals surface area contributed by atoms with Gasteiger partial charge in [0.25, 0.3) is 0 Å². The van der Waals surface area contributed by atoms with E-state index in [-0.39, 0.29) is 18.3 Å². The van der Waals surface area contributed by atoms with Gasteiger partial charge in [-0.1, -0.05) is 53.5 Å². The number of nitrogens with zero attached hydrogens (tertiary/aromatic N) is 1. The van der Waals surface area contributed by atoms with Crippen LogP contribution in [0.5, 0.6) is 0 Å². The summed E-state index contributed by atoms with van der Waals surface area (Å²) in [7, 11) is -0.358. The van der Waals surface area contributed by atoms with Gasteiger partial charge in [0.15, 0.2) is 0 Å². The van der Waals surface area contributed by atoms with Crippen LogP contribution < -0.4 is 10.4 Å². The zero-order valence-corrected chi connectivity index (χ0v) is 21.9. The molecule has 0 aliphatic carbocycles. The Morgan fingerprint density at radius 2 is 1.18 bits per heavy atom. The first kappa shape index (κ1) is 24.1. The summed E-state index contributed by atoms with van der Waals surface area (Å²) in [5.41, 5.74) is 5.07. The molecule has 5 heteroatoms. The minimum absolute atomic E-state index is 0.348. The second kappa shape index (κ2) is 9.65. The molecule has 1 fully saturated rings. The Morgan fingerprint density at radius 1 is 0.727 bits per heavy atom. The van der Waals surface area contributed by atoms with Crippen molar-refractivity contribution in [3.8, 4) is 0 Å². The molecular formula is C28H33BBrNO2. The van der Waals surface area contributed by atoms with E-state index in [0.29, 0.717) is 0 Å². The molecule has 0 N–H and O–H groups in total. The minimum atomic E-state index is -0.358. The Balaban J connectivity index is 1.64. The number of hydrogen-bond donors (Lipinski definition) is 0. The molecule has 1 saturated heterocycles. The quantitative estimate of drug-likeness (QED) is 0.309. The molecule has 0 radical (unpaired) electrons. The van der Waals surface area contributed by atoms with E-state index >= 15 is 0 Å². The average molecular weight is 506 g/mol. The summed E-state index contributed by atoms with van der Waals surface area (Å²) < 4.78 is 13.5. The second-order valence-electron chi connectivity index (χ2n) is 9.76. The van der Waals surface area contributed by atoms with Crippen LogP contribution in [-0.4, -0.2) is 18.3 Å². The van der Waals surface area contributed by atoms with Gasteiger partial charge in [0.2, 0.25) is 0 Å². The third kappa shape index (κ3) is 5.21. The molecule has 0 aromatic heterocycles. The van der Waals surface area contributed by atoms with Gasteiger partial charge in [-0.3, -0.25) is 0 Å². The van der Waals surface area contributed by atoms with Crippen molar-refractivity contribution in [2.45, 2.75) is 65.1 Å². The first-order valence-electron chi connectivity index (χ1n) is 11.8. The number of halogens is 1. The van der Waals surface area contributed by atoms with Crippen molar-refractivity contribution in [1.82, 2.24) is 0 Å². The van der Waals surface area contributed by atoms with Crippen LogP contribution in [0.25, 0.3) is 0 Å². The van der Waals surface area contributed by atoms with Crippen LogP contribution in [-0.2, 0) is 15.7 Å². The fraction of sp³-hybridized carbons (Fsp3) is 0.357. The first-order valence-corrected chi connectivity index (χ1v) is 12.6. The smallest absolute Gasteiger partial charge is 0.399 e. The highest BCUT2D eigenvalue weighted by atomic mass is 79.9. The van der Waals surface area contributed by atoms with Gasteiger partial charge in [0.05, 0.1) is 11.2 Å². The average Bonchev–Trinajstić information content (AvgIpc) is 3.02. The van der Waals surface area contributed by atoms with Crippen LogP contribution in [0.4, 0.5) is 17.1 Å². The molecule has 3 aromatic rings. The van der Waals surface area contributed by atoms with Crippen LogP contribution in [0, 0.1) is 0 Å². The summed E-state index contributed by atoms with van der Waals surface area (Å²) >= 11 is 3.56. The number of anilines is 3. The van der Waals surface area contributed by atoms with Crippen molar-refractivity contribution in [2.75, 3.05) is 4.90 Å². The lowest BCUT2D eigenvalue weighted by molar-refractivity contribution is 0.00578. The highest BCUT2D eigenvalue weighted by Crippen LogP contribution is 2.38. The Labute approximate surface area is 207 Å². The monoisotopic (exact) mass is 505 g/mol. The topological polar surface area (TPSA) is 21.7 Å². The maximum Gasteiger partial charge on any atom is 0.494 e. The lowest BCUT2D eigenvalue weighted by atomic mass is 9.79. The van der Waals surface area contributed by atoms with Gasteiger partial charge < -0.3 is 14.2 Å². The molecule has 172 valence electrons. The van der Waals surface area contributed by atoms with E-state index in [4.69, 9.17) is 9.31 Å². The normalized spacial score (nSPS) is 16.7. The van der Waals surface area contributed by atoms with Crippen molar-refractivity contribution in [3.05, 3.63) is 82.8 Å². The second-order valence-corrected chi connectivity index (χ2v) is 10.7. The van der Waals surface area contributed by atoms with Crippen molar-refractivity contribution in [2.24, 2.45) is 0 Å². The maximum atomic E-state index is 6.24. The fourth-order valence-electron chi connectivity index (χ4n) is 3.99. The van der Waals surface area contributed by atoms with Crippen molar-refractivity contribution in [3.63, 3.8) is 0 Å².